The van der Waals surface area contributed by atoms with Crippen LogP contribution in [0, 0.1) is 5.92 Å². The monoisotopic (exact) mass is 269 g/mol. The first-order chi connectivity index (χ1) is 9.19. The van der Waals surface area contributed by atoms with Gasteiger partial charge >= 0.3 is 0 Å². The zero-order valence-corrected chi connectivity index (χ0v) is 12.9. The molecule has 1 N–H and O–H groups in total. The van der Waals surface area contributed by atoms with E-state index in [-0.39, 0.29) is 0 Å². The highest BCUT2D eigenvalue weighted by molar-refractivity contribution is 4.84. The summed E-state index contributed by atoms with van der Waals surface area (Å²) < 4.78 is 5.97. The van der Waals surface area contributed by atoms with Gasteiger partial charge in [0.05, 0.1) is 12.7 Å². The van der Waals surface area contributed by atoms with Gasteiger partial charge in [0.1, 0.15) is 0 Å². The van der Waals surface area contributed by atoms with Crippen LogP contribution < -0.4 is 5.32 Å². The lowest BCUT2D eigenvalue weighted by Crippen LogP contribution is -2.50. The number of hydrogen-bond acceptors (Lipinski definition) is 4. The van der Waals surface area contributed by atoms with Gasteiger partial charge in [-0.1, -0.05) is 13.8 Å². The molecule has 2 heterocycles. The number of morpholine rings is 1. The molecule has 0 aromatic carbocycles. The van der Waals surface area contributed by atoms with Crippen LogP contribution in [0.1, 0.15) is 26.7 Å². The molecule has 4 heteroatoms. The van der Waals surface area contributed by atoms with Crippen molar-refractivity contribution in [3.8, 4) is 0 Å². The Balaban J connectivity index is 1.78. The minimum atomic E-state index is 0.407. The van der Waals surface area contributed by atoms with Gasteiger partial charge < -0.3 is 10.1 Å². The van der Waals surface area contributed by atoms with Gasteiger partial charge in [-0.05, 0) is 32.4 Å². The predicted molar refractivity (Wildman–Crippen MR) is 79.5 cm³/mol. The summed E-state index contributed by atoms with van der Waals surface area (Å²) in [5, 5.41) is 3.32. The number of hydrogen-bond donors (Lipinski definition) is 1. The summed E-state index contributed by atoms with van der Waals surface area (Å²) in [7, 11) is 2.05. The van der Waals surface area contributed by atoms with Crippen molar-refractivity contribution < 1.29 is 4.74 Å². The molecule has 0 aliphatic carbocycles. The lowest BCUT2D eigenvalue weighted by molar-refractivity contribution is -0.0473. The van der Waals surface area contributed by atoms with Crippen LogP contribution in [0.4, 0.5) is 0 Å². The molecule has 2 rings (SSSR count). The predicted octanol–water partition coefficient (Wildman–Crippen LogP) is 1.03. The summed E-state index contributed by atoms with van der Waals surface area (Å²) in [6, 6.07) is 0.717. The second kappa shape index (κ2) is 7.58. The molecule has 2 saturated heterocycles. The molecule has 0 bridgehead atoms. The van der Waals surface area contributed by atoms with Gasteiger partial charge in [-0.25, -0.2) is 0 Å². The normalized spacial score (nSPS) is 30.3. The van der Waals surface area contributed by atoms with Crippen molar-refractivity contribution in [2.45, 2.75) is 38.8 Å². The second-order valence-electron chi connectivity index (χ2n) is 6.49. The summed E-state index contributed by atoms with van der Waals surface area (Å²) in [5.41, 5.74) is 0. The smallest absolute Gasteiger partial charge is 0.0829 e. The summed E-state index contributed by atoms with van der Waals surface area (Å²) in [6.07, 6.45) is 3.09. The third-order valence-electron chi connectivity index (χ3n) is 4.22. The van der Waals surface area contributed by atoms with Crippen LogP contribution in [0.5, 0.6) is 0 Å². The molecule has 19 heavy (non-hydrogen) atoms. The third kappa shape index (κ3) is 4.71. The highest BCUT2D eigenvalue weighted by atomic mass is 16.5. The highest BCUT2D eigenvalue weighted by Crippen LogP contribution is 2.18. The summed E-state index contributed by atoms with van der Waals surface area (Å²) in [5.74, 6) is 0.752. The summed E-state index contributed by atoms with van der Waals surface area (Å²) in [4.78, 5) is 5.20. The van der Waals surface area contributed by atoms with E-state index in [4.69, 9.17) is 4.74 Å². The van der Waals surface area contributed by atoms with E-state index in [1.54, 1.807) is 0 Å². The van der Waals surface area contributed by atoms with Crippen LogP contribution in [0.25, 0.3) is 0 Å². The molecule has 0 amide bonds. The van der Waals surface area contributed by atoms with E-state index < -0.39 is 0 Å². The van der Waals surface area contributed by atoms with E-state index in [2.05, 4.69) is 36.0 Å². The molecule has 0 aromatic heterocycles. The fourth-order valence-corrected chi connectivity index (χ4v) is 3.44. The molecule has 0 radical (unpaired) electrons. The molecule has 0 spiro atoms. The summed E-state index contributed by atoms with van der Waals surface area (Å²) in [6.45, 7) is 12.4. The Kier molecular flexibility index (Phi) is 6.07. The molecule has 0 saturated carbocycles. The average Bonchev–Trinajstić information content (AvgIpc) is 2.77. The van der Waals surface area contributed by atoms with Crippen LogP contribution in [0.3, 0.4) is 0 Å². The van der Waals surface area contributed by atoms with E-state index in [0.717, 1.165) is 38.7 Å². The maximum absolute atomic E-state index is 5.97. The van der Waals surface area contributed by atoms with Crippen molar-refractivity contribution in [3.63, 3.8) is 0 Å². The molecular formula is C15H31N3O. The van der Waals surface area contributed by atoms with Gasteiger partial charge in [-0.15, -0.1) is 0 Å². The number of rotatable bonds is 6. The van der Waals surface area contributed by atoms with Gasteiger partial charge in [0, 0.05) is 38.8 Å². The number of nitrogens with one attached hydrogen (secondary N) is 1. The Labute approximate surface area is 118 Å². The van der Waals surface area contributed by atoms with Crippen molar-refractivity contribution in [1.82, 2.24) is 15.1 Å². The largest absolute Gasteiger partial charge is 0.374 e. The number of ether oxygens (including phenoxy) is 1. The molecular weight excluding hydrogens is 238 g/mol. The SMILES string of the molecule is CNCC1CCCN1CC1CN(CC(C)C)CCO1. The first-order valence-electron chi connectivity index (χ1n) is 7.91. The average molecular weight is 269 g/mol. The van der Waals surface area contributed by atoms with Crippen molar-refractivity contribution in [1.29, 1.82) is 0 Å². The van der Waals surface area contributed by atoms with Gasteiger partial charge in [-0.3, -0.25) is 9.80 Å². The minimum Gasteiger partial charge on any atom is -0.374 e. The number of nitrogens with zero attached hydrogens (tertiary/aromatic N) is 2. The fourth-order valence-electron chi connectivity index (χ4n) is 3.44. The minimum absolute atomic E-state index is 0.407. The van der Waals surface area contributed by atoms with Gasteiger partial charge in [-0.2, -0.15) is 0 Å². The lowest BCUT2D eigenvalue weighted by atomic mass is 10.1. The maximum atomic E-state index is 5.97. The van der Waals surface area contributed by atoms with Crippen molar-refractivity contribution in [3.05, 3.63) is 0 Å². The Bertz CT molecular complexity index is 260. The Morgan fingerprint density at radius 2 is 2.16 bits per heavy atom. The zero-order chi connectivity index (χ0) is 13.7. The molecule has 2 unspecified atom stereocenters. The molecule has 2 aliphatic rings. The topological polar surface area (TPSA) is 27.7 Å². The highest BCUT2D eigenvalue weighted by Gasteiger charge is 2.29. The summed E-state index contributed by atoms with van der Waals surface area (Å²) >= 11 is 0. The molecule has 0 aromatic rings. The quantitative estimate of drug-likeness (QED) is 0.779. The maximum Gasteiger partial charge on any atom is 0.0829 e. The van der Waals surface area contributed by atoms with Gasteiger partial charge in [0.15, 0.2) is 0 Å². The van der Waals surface area contributed by atoms with E-state index in [1.165, 1.54) is 25.9 Å². The van der Waals surface area contributed by atoms with Crippen LogP contribution in [-0.4, -0.2) is 74.9 Å². The van der Waals surface area contributed by atoms with Crippen molar-refractivity contribution in [2.24, 2.45) is 5.92 Å². The molecule has 112 valence electrons. The number of likely N-dealkylation sites (tertiary alicyclic amines) is 1. The van der Waals surface area contributed by atoms with Gasteiger partial charge in [0.2, 0.25) is 0 Å². The van der Waals surface area contributed by atoms with E-state index in [1.807, 2.05) is 0 Å². The van der Waals surface area contributed by atoms with Crippen LogP contribution in [0.15, 0.2) is 0 Å². The van der Waals surface area contributed by atoms with Gasteiger partial charge in [0.25, 0.3) is 0 Å². The van der Waals surface area contributed by atoms with Crippen LogP contribution >= 0.6 is 0 Å². The van der Waals surface area contributed by atoms with Crippen molar-refractivity contribution >= 4 is 0 Å². The Morgan fingerprint density at radius 1 is 1.32 bits per heavy atom. The molecule has 2 aliphatic heterocycles. The van der Waals surface area contributed by atoms with Crippen LogP contribution in [-0.2, 0) is 4.74 Å². The van der Waals surface area contributed by atoms with Crippen LogP contribution in [0.2, 0.25) is 0 Å². The molecule has 2 fully saturated rings. The number of likely N-dealkylation sites (N-methyl/N-ethyl adjacent to an activating group) is 1. The van der Waals surface area contributed by atoms with E-state index in [0.29, 0.717) is 12.1 Å². The Hall–Kier alpha value is -0.160. The fraction of sp³-hybridized carbons (Fsp3) is 1.00. The standard InChI is InChI=1S/C15H31N3O/c1-13(2)10-17-7-8-19-15(11-17)12-18-6-4-5-14(18)9-16-3/h13-16H,4-12H2,1-3H3. The zero-order valence-electron chi connectivity index (χ0n) is 12.9. The van der Waals surface area contributed by atoms with Crippen molar-refractivity contribution in [2.75, 3.05) is 52.9 Å². The first kappa shape index (κ1) is 15.2. The second-order valence-corrected chi connectivity index (χ2v) is 6.49. The third-order valence-corrected chi connectivity index (χ3v) is 4.22. The molecule has 4 nitrogen and oxygen atoms in total. The lowest BCUT2D eigenvalue weighted by Gasteiger charge is -2.37. The first-order valence-corrected chi connectivity index (χ1v) is 7.91. The molecule has 2 atom stereocenters. The van der Waals surface area contributed by atoms with E-state index in [9.17, 15) is 0 Å². The van der Waals surface area contributed by atoms with E-state index >= 15 is 0 Å². The Morgan fingerprint density at radius 3 is 2.89 bits per heavy atom.